The molecule has 1 aliphatic heterocycles. The number of rotatable bonds is 4. The minimum Gasteiger partial charge on any atom is -0.261 e. The Kier molecular flexibility index (Phi) is 5.55. The number of nitrogens with zero attached hydrogens (tertiary/aromatic N) is 1. The van der Waals surface area contributed by atoms with Gasteiger partial charge >= 0.3 is 0 Å². The van der Waals surface area contributed by atoms with Crippen LogP contribution in [0.5, 0.6) is 0 Å². The van der Waals surface area contributed by atoms with E-state index in [4.69, 9.17) is 16.7 Å². The van der Waals surface area contributed by atoms with Crippen LogP contribution in [0.2, 0.25) is 5.02 Å². The Balaban J connectivity index is 1.74. The summed E-state index contributed by atoms with van der Waals surface area (Å²) in [5, 5.41) is 5.82. The third-order valence-electron chi connectivity index (χ3n) is 3.85. The van der Waals surface area contributed by atoms with E-state index < -0.39 is 20.0 Å². The quantitative estimate of drug-likeness (QED) is 0.748. The molecule has 11 heteroatoms. The Morgan fingerprint density at radius 2 is 1.89 bits per heavy atom. The largest absolute Gasteiger partial charge is 0.264 e. The summed E-state index contributed by atoms with van der Waals surface area (Å²) in [6, 6.07) is 9.31. The van der Waals surface area contributed by atoms with Crippen molar-refractivity contribution in [2.45, 2.75) is 28.0 Å². The van der Waals surface area contributed by atoms with Crippen LogP contribution < -0.4 is 9.86 Å². The summed E-state index contributed by atoms with van der Waals surface area (Å²) in [7, 11) is -7.41. The fraction of sp³-hybridized carbons (Fsp3) is 0.188. The number of fused-ring (bicyclic) bond motifs is 1. The molecular weight excluding hydrogens is 430 g/mol. The fourth-order valence-electron chi connectivity index (χ4n) is 2.42. The predicted octanol–water partition coefficient (Wildman–Crippen LogP) is 2.28. The highest BCUT2D eigenvalue weighted by Crippen LogP contribution is 2.35. The Bertz CT molecular complexity index is 1130. The topological polar surface area (TPSA) is 119 Å². The highest BCUT2D eigenvalue weighted by molar-refractivity contribution is 8.16. The zero-order valence-corrected chi connectivity index (χ0v) is 17.3. The third-order valence-corrected chi connectivity index (χ3v) is 7.81. The molecule has 0 fully saturated rings. The minimum absolute atomic E-state index is 0.0388. The standard InChI is InChI=1S/C16H16ClN3O4S3/c1-10-8-15-14(9-13(10)17)25-16(20-27(15,23)24)19-7-6-11-2-4-12(5-3-11)26(18,21)22/h2-5,8-9H,6-7H2,1H3,(H,19,20)(H2,18,21,22). The highest BCUT2D eigenvalue weighted by Gasteiger charge is 2.28. The zero-order chi connectivity index (χ0) is 19.8. The summed E-state index contributed by atoms with van der Waals surface area (Å²) in [6.07, 6.45) is 0.512. The number of amidine groups is 1. The van der Waals surface area contributed by atoms with Crippen LogP contribution in [0.4, 0.5) is 0 Å². The molecule has 0 unspecified atom stereocenters. The van der Waals surface area contributed by atoms with Crippen molar-refractivity contribution in [1.29, 1.82) is 0 Å². The maximum Gasteiger partial charge on any atom is 0.264 e. The van der Waals surface area contributed by atoms with Crippen LogP contribution in [-0.2, 0) is 26.5 Å². The van der Waals surface area contributed by atoms with E-state index in [1.807, 2.05) is 0 Å². The van der Waals surface area contributed by atoms with Crippen LogP contribution >= 0.6 is 23.4 Å². The molecule has 2 aromatic rings. The summed E-state index contributed by atoms with van der Waals surface area (Å²) >= 11 is 7.30. The molecule has 1 aliphatic rings. The lowest BCUT2D eigenvalue weighted by Crippen LogP contribution is -2.32. The number of halogens is 1. The molecule has 144 valence electrons. The molecule has 0 aromatic heterocycles. The maximum atomic E-state index is 12.4. The van der Waals surface area contributed by atoms with E-state index >= 15 is 0 Å². The average molecular weight is 446 g/mol. The molecule has 0 bridgehead atoms. The second-order valence-corrected chi connectivity index (χ2v) is 10.5. The van der Waals surface area contributed by atoms with Crippen molar-refractivity contribution in [3.8, 4) is 0 Å². The Hall–Kier alpha value is -1.59. The molecule has 7 nitrogen and oxygen atoms in total. The van der Waals surface area contributed by atoms with Crippen molar-refractivity contribution in [1.82, 2.24) is 4.72 Å². The molecule has 3 rings (SSSR count). The van der Waals surface area contributed by atoms with Crippen LogP contribution in [0.25, 0.3) is 0 Å². The first-order chi connectivity index (χ1) is 12.6. The molecule has 1 heterocycles. The van der Waals surface area contributed by atoms with Crippen molar-refractivity contribution in [3.05, 3.63) is 52.5 Å². The van der Waals surface area contributed by atoms with Gasteiger partial charge in [0.2, 0.25) is 10.0 Å². The van der Waals surface area contributed by atoms with Crippen molar-refractivity contribution < 1.29 is 16.8 Å². The lowest BCUT2D eigenvalue weighted by molar-refractivity contribution is 0.589. The maximum absolute atomic E-state index is 12.4. The van der Waals surface area contributed by atoms with Gasteiger partial charge in [0.25, 0.3) is 10.0 Å². The first-order valence-electron chi connectivity index (χ1n) is 7.73. The van der Waals surface area contributed by atoms with E-state index in [0.29, 0.717) is 28.4 Å². The van der Waals surface area contributed by atoms with Crippen LogP contribution in [0.15, 0.2) is 56.1 Å². The molecule has 27 heavy (non-hydrogen) atoms. The van der Waals surface area contributed by atoms with E-state index in [1.54, 1.807) is 25.1 Å². The summed E-state index contributed by atoms with van der Waals surface area (Å²) in [5.41, 5.74) is 1.54. The molecule has 0 saturated carbocycles. The number of benzene rings is 2. The van der Waals surface area contributed by atoms with Gasteiger partial charge in [0.1, 0.15) is 4.90 Å². The second-order valence-electron chi connectivity index (χ2n) is 5.88. The smallest absolute Gasteiger partial charge is 0.261 e. The van der Waals surface area contributed by atoms with Crippen molar-refractivity contribution in [3.63, 3.8) is 0 Å². The molecule has 0 radical (unpaired) electrons. The van der Waals surface area contributed by atoms with E-state index in [-0.39, 0.29) is 15.0 Å². The van der Waals surface area contributed by atoms with E-state index in [9.17, 15) is 16.8 Å². The molecule has 3 N–H and O–H groups in total. The minimum atomic E-state index is -3.72. The monoisotopic (exact) mass is 445 g/mol. The van der Waals surface area contributed by atoms with E-state index in [2.05, 4.69) is 9.71 Å². The van der Waals surface area contributed by atoms with Crippen molar-refractivity contribution in [2.75, 3.05) is 6.54 Å². The summed E-state index contributed by atoms with van der Waals surface area (Å²) in [6.45, 7) is 2.07. The van der Waals surface area contributed by atoms with Gasteiger partial charge in [0.15, 0.2) is 5.17 Å². The zero-order valence-electron chi connectivity index (χ0n) is 14.1. The second kappa shape index (κ2) is 7.44. The van der Waals surface area contributed by atoms with Crippen LogP contribution in [0.3, 0.4) is 0 Å². The third kappa shape index (κ3) is 4.64. The number of aryl methyl sites for hydroxylation is 1. The first kappa shape index (κ1) is 20.2. The van der Waals surface area contributed by atoms with Crippen molar-refractivity contribution in [2.24, 2.45) is 10.1 Å². The number of aliphatic imine (C=N–C) groups is 1. The van der Waals surface area contributed by atoms with Gasteiger partial charge in [0, 0.05) is 16.5 Å². The Morgan fingerprint density at radius 1 is 1.22 bits per heavy atom. The number of sulfonamides is 2. The molecule has 0 amide bonds. The fourth-order valence-corrected chi connectivity index (χ4v) is 5.87. The van der Waals surface area contributed by atoms with Gasteiger partial charge in [-0.15, -0.1) is 0 Å². The molecule has 0 spiro atoms. The number of nitrogens with one attached hydrogen (secondary N) is 1. The highest BCUT2D eigenvalue weighted by atomic mass is 35.5. The Labute approximate surface area is 167 Å². The van der Waals surface area contributed by atoms with Gasteiger partial charge in [-0.25, -0.2) is 22.0 Å². The number of primary sulfonamides is 1. The number of hydrogen-bond acceptors (Lipinski definition) is 6. The molecule has 2 aromatic carbocycles. The van der Waals surface area contributed by atoms with E-state index in [0.717, 1.165) is 5.56 Å². The van der Waals surface area contributed by atoms with Crippen molar-refractivity contribution >= 4 is 48.6 Å². The normalized spacial score (nSPS) is 17.4. The SMILES string of the molecule is Cc1cc2c(cc1Cl)SC(=NCCc1ccc(S(N)(=O)=O)cc1)NS2(=O)=O. The van der Waals surface area contributed by atoms with Gasteiger partial charge < -0.3 is 0 Å². The van der Waals surface area contributed by atoms with E-state index in [1.165, 1.54) is 30.0 Å². The van der Waals surface area contributed by atoms with Crippen LogP contribution in [-0.4, -0.2) is 28.5 Å². The summed E-state index contributed by atoms with van der Waals surface area (Å²) in [5.74, 6) is 0. The molecular formula is C16H16ClN3O4S3. The number of thioether (sulfide) groups is 1. The van der Waals surface area contributed by atoms with Gasteiger partial charge in [-0.1, -0.05) is 35.5 Å². The van der Waals surface area contributed by atoms with Gasteiger partial charge in [-0.3, -0.25) is 9.71 Å². The first-order valence-corrected chi connectivity index (χ1v) is 12.0. The number of nitrogens with two attached hydrogens (primary N) is 1. The summed E-state index contributed by atoms with van der Waals surface area (Å²) < 4.78 is 49.7. The molecule has 0 aliphatic carbocycles. The lowest BCUT2D eigenvalue weighted by Gasteiger charge is -2.20. The average Bonchev–Trinajstić information content (AvgIpc) is 2.56. The predicted molar refractivity (Wildman–Crippen MR) is 106 cm³/mol. The molecule has 0 saturated heterocycles. The number of hydrogen-bond donors (Lipinski definition) is 2. The summed E-state index contributed by atoms with van der Waals surface area (Å²) in [4.78, 5) is 5.05. The Morgan fingerprint density at radius 3 is 2.52 bits per heavy atom. The van der Waals surface area contributed by atoms with Gasteiger partial charge in [-0.2, -0.15) is 0 Å². The lowest BCUT2D eigenvalue weighted by atomic mass is 10.1. The van der Waals surface area contributed by atoms with Gasteiger partial charge in [-0.05, 0) is 48.7 Å². The van der Waals surface area contributed by atoms with Crippen LogP contribution in [0, 0.1) is 6.92 Å². The molecule has 0 atom stereocenters. The van der Waals surface area contributed by atoms with Gasteiger partial charge in [0.05, 0.1) is 4.90 Å². The van der Waals surface area contributed by atoms with Crippen LogP contribution in [0.1, 0.15) is 11.1 Å².